The van der Waals surface area contributed by atoms with E-state index in [0.717, 1.165) is 27.9 Å². The molecule has 0 amide bonds. The molecule has 0 saturated heterocycles. The van der Waals surface area contributed by atoms with E-state index in [2.05, 4.69) is 0 Å². The number of para-hydroxylation sites is 1. The number of furan rings is 1. The summed E-state index contributed by atoms with van der Waals surface area (Å²) in [6.45, 7) is 3.93. The number of hydrogen-bond acceptors (Lipinski definition) is 2. The van der Waals surface area contributed by atoms with Crippen LogP contribution in [0.4, 0.5) is 0 Å². The summed E-state index contributed by atoms with van der Waals surface area (Å²) in [6, 6.07) is 7.93. The van der Waals surface area contributed by atoms with Gasteiger partial charge in [-0.1, -0.05) is 18.2 Å². The van der Waals surface area contributed by atoms with Gasteiger partial charge in [-0.15, -0.1) is 0 Å². The number of aliphatic hydroxyl groups excluding tert-OH is 1. The van der Waals surface area contributed by atoms with Gasteiger partial charge in [-0.25, -0.2) is 0 Å². The van der Waals surface area contributed by atoms with E-state index in [0.29, 0.717) is 0 Å². The minimum atomic E-state index is 0.0823. The Kier molecular flexibility index (Phi) is 2.60. The fourth-order valence-corrected chi connectivity index (χ4v) is 1.66. The highest BCUT2D eigenvalue weighted by Gasteiger charge is 2.07. The fourth-order valence-electron chi connectivity index (χ4n) is 1.66. The average molecular weight is 202 g/mol. The maximum atomic E-state index is 9.00. The molecule has 0 fully saturated rings. The molecule has 0 radical (unpaired) electrons. The molecule has 2 nitrogen and oxygen atoms in total. The van der Waals surface area contributed by atoms with Gasteiger partial charge in [0.25, 0.3) is 0 Å². The topological polar surface area (TPSA) is 33.4 Å². The van der Waals surface area contributed by atoms with E-state index >= 15 is 0 Å². The van der Waals surface area contributed by atoms with Gasteiger partial charge >= 0.3 is 0 Å². The molecule has 2 aromatic rings. The molecule has 1 heterocycles. The third-order valence-corrected chi connectivity index (χ3v) is 2.46. The molecule has 15 heavy (non-hydrogen) atoms. The molecule has 0 atom stereocenters. The first-order valence-electron chi connectivity index (χ1n) is 4.98. The lowest BCUT2D eigenvalue weighted by Crippen LogP contribution is -1.84. The van der Waals surface area contributed by atoms with Gasteiger partial charge in [-0.2, -0.15) is 0 Å². The van der Waals surface area contributed by atoms with E-state index in [-0.39, 0.29) is 6.61 Å². The molecule has 2 rings (SSSR count). The van der Waals surface area contributed by atoms with Gasteiger partial charge in [0.2, 0.25) is 0 Å². The van der Waals surface area contributed by atoms with Crippen LogP contribution < -0.4 is 0 Å². The van der Waals surface area contributed by atoms with Crippen molar-refractivity contribution in [3.8, 4) is 0 Å². The maximum Gasteiger partial charge on any atom is 0.134 e. The number of rotatable bonds is 2. The SMILES string of the molecule is C/C(=C/c1c(C)oc2ccccc12)CO. The molecule has 0 aliphatic rings. The summed E-state index contributed by atoms with van der Waals surface area (Å²) in [7, 11) is 0. The van der Waals surface area contributed by atoms with Crippen LogP contribution in [0.5, 0.6) is 0 Å². The van der Waals surface area contributed by atoms with E-state index in [1.54, 1.807) is 0 Å². The van der Waals surface area contributed by atoms with Gasteiger partial charge < -0.3 is 9.52 Å². The minimum absolute atomic E-state index is 0.0823. The standard InChI is InChI=1S/C13H14O2/c1-9(8-14)7-12-10(2)15-13-6-4-3-5-11(12)13/h3-7,14H,8H2,1-2H3/b9-7-. The Labute approximate surface area is 88.8 Å². The van der Waals surface area contributed by atoms with Crippen LogP contribution in [0.1, 0.15) is 18.2 Å². The maximum absolute atomic E-state index is 9.00. The molecule has 0 unspecified atom stereocenters. The summed E-state index contributed by atoms with van der Waals surface area (Å²) < 4.78 is 5.62. The first-order valence-corrected chi connectivity index (χ1v) is 4.98. The Morgan fingerprint density at radius 2 is 2.13 bits per heavy atom. The molecular weight excluding hydrogens is 188 g/mol. The zero-order chi connectivity index (χ0) is 10.8. The average Bonchev–Trinajstić information content (AvgIpc) is 2.55. The Bertz CT molecular complexity index is 506. The van der Waals surface area contributed by atoms with Gasteiger partial charge in [0.15, 0.2) is 0 Å². The minimum Gasteiger partial charge on any atom is -0.461 e. The van der Waals surface area contributed by atoms with Crippen molar-refractivity contribution in [3.05, 3.63) is 41.2 Å². The van der Waals surface area contributed by atoms with E-state index in [1.165, 1.54) is 0 Å². The summed E-state index contributed by atoms with van der Waals surface area (Å²) in [5.41, 5.74) is 2.90. The monoisotopic (exact) mass is 202 g/mol. The van der Waals surface area contributed by atoms with Crippen LogP contribution in [0, 0.1) is 6.92 Å². The Hall–Kier alpha value is -1.54. The Morgan fingerprint density at radius 1 is 1.40 bits per heavy atom. The first kappa shape index (κ1) is 9.99. The highest BCUT2D eigenvalue weighted by atomic mass is 16.3. The summed E-state index contributed by atoms with van der Waals surface area (Å²) in [4.78, 5) is 0. The molecule has 0 aliphatic heterocycles. The number of hydrogen-bond donors (Lipinski definition) is 1. The summed E-state index contributed by atoms with van der Waals surface area (Å²) in [5.74, 6) is 0.893. The van der Waals surface area contributed by atoms with Crippen LogP contribution in [0.2, 0.25) is 0 Å². The third-order valence-electron chi connectivity index (χ3n) is 2.46. The van der Waals surface area contributed by atoms with Gasteiger partial charge in [0, 0.05) is 10.9 Å². The zero-order valence-corrected chi connectivity index (χ0v) is 8.95. The van der Waals surface area contributed by atoms with Crippen molar-refractivity contribution in [2.45, 2.75) is 13.8 Å². The lowest BCUT2D eigenvalue weighted by Gasteiger charge is -1.95. The number of aryl methyl sites for hydroxylation is 1. The van der Waals surface area contributed by atoms with Crippen molar-refractivity contribution < 1.29 is 9.52 Å². The largest absolute Gasteiger partial charge is 0.461 e. The van der Waals surface area contributed by atoms with Crippen LogP contribution in [0.15, 0.2) is 34.3 Å². The van der Waals surface area contributed by atoms with Gasteiger partial charge in [-0.3, -0.25) is 0 Å². The van der Waals surface area contributed by atoms with Crippen molar-refractivity contribution in [2.75, 3.05) is 6.61 Å². The van der Waals surface area contributed by atoms with E-state index < -0.39 is 0 Å². The highest BCUT2D eigenvalue weighted by molar-refractivity contribution is 5.88. The molecule has 0 bridgehead atoms. The van der Waals surface area contributed by atoms with Crippen molar-refractivity contribution in [2.24, 2.45) is 0 Å². The van der Waals surface area contributed by atoms with Gasteiger partial charge in [-0.05, 0) is 31.6 Å². The smallest absolute Gasteiger partial charge is 0.134 e. The normalized spacial score (nSPS) is 12.3. The lowest BCUT2D eigenvalue weighted by molar-refractivity contribution is 0.332. The van der Waals surface area contributed by atoms with Crippen LogP contribution in [-0.2, 0) is 0 Å². The molecule has 1 aromatic carbocycles. The molecular formula is C13H14O2. The first-order chi connectivity index (χ1) is 7.22. The van der Waals surface area contributed by atoms with Crippen molar-refractivity contribution in [1.29, 1.82) is 0 Å². The van der Waals surface area contributed by atoms with Crippen LogP contribution >= 0.6 is 0 Å². The second kappa shape index (κ2) is 3.91. The molecule has 2 heteroatoms. The van der Waals surface area contributed by atoms with Crippen LogP contribution in [0.3, 0.4) is 0 Å². The highest BCUT2D eigenvalue weighted by Crippen LogP contribution is 2.26. The van der Waals surface area contributed by atoms with E-state index in [1.807, 2.05) is 44.2 Å². The van der Waals surface area contributed by atoms with Crippen LogP contribution in [-0.4, -0.2) is 11.7 Å². The molecule has 0 saturated carbocycles. The lowest BCUT2D eigenvalue weighted by atomic mass is 10.1. The van der Waals surface area contributed by atoms with Crippen molar-refractivity contribution in [3.63, 3.8) is 0 Å². The van der Waals surface area contributed by atoms with Crippen LogP contribution in [0.25, 0.3) is 17.0 Å². The third kappa shape index (κ3) is 1.81. The van der Waals surface area contributed by atoms with E-state index in [4.69, 9.17) is 9.52 Å². The quantitative estimate of drug-likeness (QED) is 0.811. The molecule has 0 spiro atoms. The Balaban J connectivity index is 2.64. The second-order valence-electron chi connectivity index (χ2n) is 3.72. The zero-order valence-electron chi connectivity index (χ0n) is 8.95. The summed E-state index contributed by atoms with van der Waals surface area (Å²) in [6.07, 6.45) is 1.97. The van der Waals surface area contributed by atoms with Crippen molar-refractivity contribution >= 4 is 17.0 Å². The summed E-state index contributed by atoms with van der Waals surface area (Å²) >= 11 is 0. The predicted molar refractivity (Wildman–Crippen MR) is 61.7 cm³/mol. The molecule has 1 N–H and O–H groups in total. The fraction of sp³-hybridized carbons (Fsp3) is 0.231. The molecule has 78 valence electrons. The number of benzene rings is 1. The van der Waals surface area contributed by atoms with E-state index in [9.17, 15) is 0 Å². The summed E-state index contributed by atoms with van der Waals surface area (Å²) in [5, 5.41) is 10.1. The molecule has 1 aromatic heterocycles. The number of aliphatic hydroxyl groups is 1. The van der Waals surface area contributed by atoms with Gasteiger partial charge in [0.1, 0.15) is 11.3 Å². The predicted octanol–water partition coefficient (Wildman–Crippen LogP) is 3.14. The second-order valence-corrected chi connectivity index (χ2v) is 3.72. The Morgan fingerprint density at radius 3 is 2.87 bits per heavy atom. The molecule has 0 aliphatic carbocycles. The van der Waals surface area contributed by atoms with Crippen molar-refractivity contribution in [1.82, 2.24) is 0 Å². The number of fused-ring (bicyclic) bond motifs is 1. The van der Waals surface area contributed by atoms with Gasteiger partial charge in [0.05, 0.1) is 6.61 Å².